The molecule has 2 aromatic carbocycles. The third kappa shape index (κ3) is 3.75. The highest BCUT2D eigenvalue weighted by Gasteiger charge is 2.14. The van der Waals surface area contributed by atoms with Crippen molar-refractivity contribution >= 4 is 17.3 Å². The standard InChI is InChI=1S/C16H18N2O2/c1-11-6-8-15(9-7-11)20-12(2)16(19)18-14-5-3-4-13(17)10-14/h3-10,12H,17H2,1-2H3,(H,18,19). The first-order valence-electron chi connectivity index (χ1n) is 6.44. The fourth-order valence-corrected chi connectivity index (χ4v) is 1.73. The summed E-state index contributed by atoms with van der Waals surface area (Å²) in [6.45, 7) is 3.71. The Bertz CT molecular complexity index is 594. The van der Waals surface area contributed by atoms with E-state index < -0.39 is 6.10 Å². The fraction of sp³-hybridized carbons (Fsp3) is 0.188. The van der Waals surface area contributed by atoms with Gasteiger partial charge >= 0.3 is 0 Å². The van der Waals surface area contributed by atoms with E-state index in [9.17, 15) is 4.79 Å². The van der Waals surface area contributed by atoms with Crippen LogP contribution in [0.15, 0.2) is 48.5 Å². The molecule has 1 amide bonds. The summed E-state index contributed by atoms with van der Waals surface area (Å²) in [4.78, 5) is 12.0. The average molecular weight is 270 g/mol. The molecule has 0 aromatic heterocycles. The van der Waals surface area contributed by atoms with Gasteiger partial charge in [-0.05, 0) is 44.2 Å². The molecule has 0 aliphatic heterocycles. The summed E-state index contributed by atoms with van der Waals surface area (Å²) in [7, 11) is 0. The number of ether oxygens (including phenoxy) is 1. The van der Waals surface area contributed by atoms with Crippen LogP contribution in [0, 0.1) is 6.92 Å². The number of hydrogen-bond donors (Lipinski definition) is 2. The maximum atomic E-state index is 12.0. The van der Waals surface area contributed by atoms with Crippen LogP contribution in [0.1, 0.15) is 12.5 Å². The van der Waals surface area contributed by atoms with Gasteiger partial charge in [-0.3, -0.25) is 4.79 Å². The topological polar surface area (TPSA) is 64.3 Å². The van der Waals surface area contributed by atoms with E-state index in [4.69, 9.17) is 10.5 Å². The Labute approximate surface area is 118 Å². The molecule has 2 rings (SSSR count). The molecule has 104 valence electrons. The first-order chi connectivity index (χ1) is 9.54. The van der Waals surface area contributed by atoms with Crippen molar-refractivity contribution < 1.29 is 9.53 Å². The molecule has 1 atom stereocenters. The zero-order valence-corrected chi connectivity index (χ0v) is 11.6. The Hall–Kier alpha value is -2.49. The van der Waals surface area contributed by atoms with Gasteiger partial charge in [-0.2, -0.15) is 0 Å². The predicted octanol–water partition coefficient (Wildman–Crippen LogP) is 2.98. The summed E-state index contributed by atoms with van der Waals surface area (Å²) in [6, 6.07) is 14.6. The van der Waals surface area contributed by atoms with Gasteiger partial charge in [-0.1, -0.05) is 23.8 Å². The van der Waals surface area contributed by atoms with Crippen LogP contribution in [-0.2, 0) is 4.79 Å². The van der Waals surface area contributed by atoms with Gasteiger partial charge in [0.15, 0.2) is 6.10 Å². The second-order valence-electron chi connectivity index (χ2n) is 4.69. The number of rotatable bonds is 4. The fourth-order valence-electron chi connectivity index (χ4n) is 1.73. The second kappa shape index (κ2) is 6.10. The molecular weight excluding hydrogens is 252 g/mol. The summed E-state index contributed by atoms with van der Waals surface area (Å²) in [5.74, 6) is 0.460. The van der Waals surface area contributed by atoms with Crippen LogP contribution < -0.4 is 15.8 Å². The number of nitrogens with two attached hydrogens (primary N) is 1. The Balaban J connectivity index is 1.96. The molecule has 0 fully saturated rings. The lowest BCUT2D eigenvalue weighted by atomic mass is 10.2. The van der Waals surface area contributed by atoms with Gasteiger partial charge in [-0.25, -0.2) is 0 Å². The van der Waals surface area contributed by atoms with Crippen molar-refractivity contribution in [3.8, 4) is 5.75 Å². The van der Waals surface area contributed by atoms with E-state index in [0.29, 0.717) is 17.1 Å². The number of hydrogen-bond acceptors (Lipinski definition) is 3. The number of benzene rings is 2. The minimum atomic E-state index is -0.584. The highest BCUT2D eigenvalue weighted by atomic mass is 16.5. The molecule has 4 nitrogen and oxygen atoms in total. The smallest absolute Gasteiger partial charge is 0.265 e. The molecule has 0 radical (unpaired) electrons. The van der Waals surface area contributed by atoms with Crippen molar-refractivity contribution in [1.82, 2.24) is 0 Å². The Kier molecular flexibility index (Phi) is 4.25. The van der Waals surface area contributed by atoms with Crippen LogP contribution in [0.4, 0.5) is 11.4 Å². The molecule has 2 aromatic rings. The van der Waals surface area contributed by atoms with Gasteiger partial charge in [0, 0.05) is 11.4 Å². The average Bonchev–Trinajstić information content (AvgIpc) is 2.41. The first-order valence-corrected chi connectivity index (χ1v) is 6.44. The zero-order valence-electron chi connectivity index (χ0n) is 11.6. The van der Waals surface area contributed by atoms with Crippen molar-refractivity contribution in [3.05, 3.63) is 54.1 Å². The van der Waals surface area contributed by atoms with Gasteiger partial charge in [-0.15, -0.1) is 0 Å². The number of anilines is 2. The summed E-state index contributed by atoms with van der Waals surface area (Å²) >= 11 is 0. The highest BCUT2D eigenvalue weighted by molar-refractivity contribution is 5.94. The zero-order chi connectivity index (χ0) is 14.5. The van der Waals surface area contributed by atoms with Crippen molar-refractivity contribution in [3.63, 3.8) is 0 Å². The van der Waals surface area contributed by atoms with Gasteiger partial charge in [0.05, 0.1) is 0 Å². The largest absolute Gasteiger partial charge is 0.481 e. The number of carbonyl (C=O) groups excluding carboxylic acids is 1. The molecule has 0 spiro atoms. The molecule has 0 heterocycles. The van der Waals surface area contributed by atoms with Gasteiger partial charge in [0.1, 0.15) is 5.75 Å². The van der Waals surface area contributed by atoms with Crippen molar-refractivity contribution in [2.75, 3.05) is 11.1 Å². The van der Waals surface area contributed by atoms with Crippen molar-refractivity contribution in [1.29, 1.82) is 0 Å². The van der Waals surface area contributed by atoms with E-state index in [1.54, 1.807) is 31.2 Å². The predicted molar refractivity (Wildman–Crippen MR) is 80.8 cm³/mol. The van der Waals surface area contributed by atoms with E-state index in [1.807, 2.05) is 31.2 Å². The summed E-state index contributed by atoms with van der Waals surface area (Å²) in [6.07, 6.45) is -0.584. The molecule has 4 heteroatoms. The normalized spacial score (nSPS) is 11.7. The van der Waals surface area contributed by atoms with Gasteiger partial charge in [0.2, 0.25) is 0 Å². The molecule has 0 aliphatic rings. The van der Waals surface area contributed by atoms with Crippen LogP contribution in [-0.4, -0.2) is 12.0 Å². The molecule has 0 aliphatic carbocycles. The van der Waals surface area contributed by atoms with E-state index >= 15 is 0 Å². The van der Waals surface area contributed by atoms with Crippen LogP contribution in [0.2, 0.25) is 0 Å². The number of carbonyl (C=O) groups is 1. The van der Waals surface area contributed by atoms with Crippen LogP contribution in [0.5, 0.6) is 5.75 Å². The van der Waals surface area contributed by atoms with Crippen molar-refractivity contribution in [2.45, 2.75) is 20.0 Å². The molecule has 0 saturated carbocycles. The molecule has 0 saturated heterocycles. The SMILES string of the molecule is Cc1ccc(OC(C)C(=O)Nc2cccc(N)c2)cc1. The van der Waals surface area contributed by atoms with E-state index in [2.05, 4.69) is 5.32 Å². The lowest BCUT2D eigenvalue weighted by Crippen LogP contribution is -2.30. The summed E-state index contributed by atoms with van der Waals surface area (Å²) in [5.41, 5.74) is 8.08. The van der Waals surface area contributed by atoms with Crippen LogP contribution in [0.25, 0.3) is 0 Å². The highest BCUT2D eigenvalue weighted by Crippen LogP contribution is 2.15. The lowest BCUT2D eigenvalue weighted by Gasteiger charge is -2.15. The molecule has 20 heavy (non-hydrogen) atoms. The van der Waals surface area contributed by atoms with Crippen LogP contribution in [0.3, 0.4) is 0 Å². The Morgan fingerprint density at radius 3 is 2.55 bits per heavy atom. The Morgan fingerprint density at radius 1 is 1.20 bits per heavy atom. The number of amides is 1. The van der Waals surface area contributed by atoms with E-state index in [1.165, 1.54) is 0 Å². The molecular formula is C16H18N2O2. The molecule has 0 bridgehead atoms. The van der Waals surface area contributed by atoms with Crippen molar-refractivity contribution in [2.24, 2.45) is 0 Å². The molecule has 3 N–H and O–H groups in total. The van der Waals surface area contributed by atoms with E-state index in [-0.39, 0.29) is 5.91 Å². The number of aryl methyl sites for hydroxylation is 1. The summed E-state index contributed by atoms with van der Waals surface area (Å²) in [5, 5.41) is 2.77. The number of nitrogen functional groups attached to an aromatic ring is 1. The molecule has 1 unspecified atom stereocenters. The maximum absolute atomic E-state index is 12.0. The second-order valence-corrected chi connectivity index (χ2v) is 4.69. The first kappa shape index (κ1) is 13.9. The summed E-state index contributed by atoms with van der Waals surface area (Å²) < 4.78 is 5.59. The van der Waals surface area contributed by atoms with Gasteiger partial charge in [0.25, 0.3) is 5.91 Å². The van der Waals surface area contributed by atoms with Crippen LogP contribution >= 0.6 is 0 Å². The lowest BCUT2D eigenvalue weighted by molar-refractivity contribution is -0.122. The minimum Gasteiger partial charge on any atom is -0.481 e. The number of nitrogens with one attached hydrogen (secondary N) is 1. The third-order valence-corrected chi connectivity index (χ3v) is 2.86. The quantitative estimate of drug-likeness (QED) is 0.839. The minimum absolute atomic E-state index is 0.212. The Morgan fingerprint density at radius 2 is 1.90 bits per heavy atom. The maximum Gasteiger partial charge on any atom is 0.265 e. The van der Waals surface area contributed by atoms with Gasteiger partial charge < -0.3 is 15.8 Å². The van der Waals surface area contributed by atoms with E-state index in [0.717, 1.165) is 5.56 Å². The monoisotopic (exact) mass is 270 g/mol. The third-order valence-electron chi connectivity index (χ3n) is 2.86.